The van der Waals surface area contributed by atoms with Crippen LogP contribution in [0.5, 0.6) is 5.75 Å². The lowest BCUT2D eigenvalue weighted by Crippen LogP contribution is -1.99. The molecule has 0 fully saturated rings. The van der Waals surface area contributed by atoms with E-state index in [-0.39, 0.29) is 5.97 Å². The van der Waals surface area contributed by atoms with E-state index in [2.05, 4.69) is 4.98 Å². The maximum Gasteiger partial charge on any atom is 0.349 e. The Morgan fingerprint density at radius 2 is 1.95 bits per heavy atom. The van der Waals surface area contributed by atoms with E-state index in [0.29, 0.717) is 11.3 Å². The van der Waals surface area contributed by atoms with Crippen molar-refractivity contribution < 1.29 is 14.3 Å². The summed E-state index contributed by atoms with van der Waals surface area (Å²) in [7, 11) is 3.02. The van der Waals surface area contributed by atoms with Gasteiger partial charge in [0.25, 0.3) is 0 Å². The third-order valence-electron chi connectivity index (χ3n) is 2.73. The second-order valence-electron chi connectivity index (χ2n) is 4.04. The molecule has 0 unspecified atom stereocenters. The zero-order chi connectivity index (χ0) is 13.8. The zero-order valence-corrected chi connectivity index (χ0v) is 11.9. The first-order valence-electron chi connectivity index (χ1n) is 5.81. The number of carbonyl (C=O) groups excluding carboxylic acids is 1. The number of hydrogen-bond acceptors (Lipinski definition) is 5. The lowest BCUT2D eigenvalue weighted by atomic mass is 10.1. The van der Waals surface area contributed by atoms with E-state index in [0.717, 1.165) is 22.0 Å². The molecule has 0 spiro atoms. The molecule has 0 saturated carbocycles. The predicted molar refractivity (Wildman–Crippen MR) is 74.0 cm³/mol. The van der Waals surface area contributed by atoms with Crippen LogP contribution in [0.1, 0.15) is 25.9 Å². The van der Waals surface area contributed by atoms with Crippen LogP contribution in [0.4, 0.5) is 0 Å². The van der Waals surface area contributed by atoms with Gasteiger partial charge >= 0.3 is 5.97 Å². The summed E-state index contributed by atoms with van der Waals surface area (Å²) < 4.78 is 9.84. The van der Waals surface area contributed by atoms with Gasteiger partial charge in [0.1, 0.15) is 10.6 Å². The van der Waals surface area contributed by atoms with Crippen molar-refractivity contribution >= 4 is 17.3 Å². The van der Waals surface area contributed by atoms with Crippen LogP contribution < -0.4 is 4.74 Å². The molecule has 1 heterocycles. The van der Waals surface area contributed by atoms with Gasteiger partial charge in [0.05, 0.1) is 24.9 Å². The van der Waals surface area contributed by atoms with Crippen molar-refractivity contribution in [3.05, 3.63) is 45.4 Å². The van der Waals surface area contributed by atoms with Gasteiger partial charge in [-0.05, 0) is 24.6 Å². The van der Waals surface area contributed by atoms with Crippen molar-refractivity contribution in [2.24, 2.45) is 0 Å². The molecule has 0 aliphatic rings. The molecule has 0 saturated heterocycles. The molecule has 5 heteroatoms. The van der Waals surface area contributed by atoms with E-state index in [4.69, 9.17) is 9.47 Å². The lowest BCUT2D eigenvalue weighted by molar-refractivity contribution is 0.0605. The van der Waals surface area contributed by atoms with Crippen molar-refractivity contribution in [1.29, 1.82) is 0 Å². The normalized spacial score (nSPS) is 10.3. The summed E-state index contributed by atoms with van der Waals surface area (Å²) in [6.45, 7) is 1.82. The van der Waals surface area contributed by atoms with Gasteiger partial charge < -0.3 is 9.47 Å². The molecular weight excluding hydrogens is 262 g/mol. The molecule has 0 bridgehead atoms. The van der Waals surface area contributed by atoms with Crippen LogP contribution in [0.15, 0.2) is 24.3 Å². The Kier molecular flexibility index (Phi) is 4.16. The number of aromatic nitrogens is 1. The van der Waals surface area contributed by atoms with E-state index >= 15 is 0 Å². The van der Waals surface area contributed by atoms with Crippen molar-refractivity contribution in [2.45, 2.75) is 13.3 Å². The van der Waals surface area contributed by atoms with Crippen molar-refractivity contribution in [3.63, 3.8) is 0 Å². The smallest absolute Gasteiger partial charge is 0.349 e. The molecular formula is C14H15NO3S. The van der Waals surface area contributed by atoms with Gasteiger partial charge in [-0.1, -0.05) is 12.1 Å². The Labute approximate surface area is 116 Å². The highest BCUT2D eigenvalue weighted by Gasteiger charge is 2.15. The van der Waals surface area contributed by atoms with Gasteiger partial charge in [0.15, 0.2) is 0 Å². The molecule has 2 aromatic rings. The Hall–Kier alpha value is -1.88. The van der Waals surface area contributed by atoms with E-state index in [1.807, 2.05) is 31.2 Å². The van der Waals surface area contributed by atoms with Crippen LogP contribution in [0.3, 0.4) is 0 Å². The number of methoxy groups -OCH3 is 2. The molecule has 0 N–H and O–H groups in total. The summed E-state index contributed by atoms with van der Waals surface area (Å²) >= 11 is 1.38. The molecule has 4 nitrogen and oxygen atoms in total. The minimum atomic E-state index is -0.323. The molecule has 1 aromatic heterocycles. The highest BCUT2D eigenvalue weighted by Crippen LogP contribution is 2.22. The summed E-state index contributed by atoms with van der Waals surface area (Å²) in [5.74, 6) is 0.505. The summed E-state index contributed by atoms with van der Waals surface area (Å²) in [4.78, 5) is 16.5. The standard InChI is InChI=1S/C14H15NO3S/c1-9-13(14(16)18-3)19-12(15-9)8-10-4-6-11(17-2)7-5-10/h4-7H,8H2,1-3H3. The fourth-order valence-electron chi connectivity index (χ4n) is 1.73. The number of carbonyl (C=O) groups is 1. The Balaban J connectivity index is 2.16. The van der Waals surface area contributed by atoms with Crippen LogP contribution >= 0.6 is 11.3 Å². The van der Waals surface area contributed by atoms with Crippen molar-refractivity contribution in [3.8, 4) is 5.75 Å². The van der Waals surface area contributed by atoms with Gasteiger partial charge in [-0.2, -0.15) is 0 Å². The third-order valence-corrected chi connectivity index (χ3v) is 3.86. The summed E-state index contributed by atoms with van der Waals surface area (Å²) in [5, 5.41) is 0.906. The van der Waals surface area contributed by atoms with E-state index in [9.17, 15) is 4.79 Å². The fraction of sp³-hybridized carbons (Fsp3) is 0.286. The number of esters is 1. The molecule has 0 amide bonds. The minimum Gasteiger partial charge on any atom is -0.497 e. The summed E-state index contributed by atoms with van der Waals surface area (Å²) in [6, 6.07) is 7.81. The summed E-state index contributed by atoms with van der Waals surface area (Å²) in [5.41, 5.74) is 1.85. The number of hydrogen-bond donors (Lipinski definition) is 0. The van der Waals surface area contributed by atoms with Crippen LogP contribution in [-0.4, -0.2) is 25.2 Å². The number of benzene rings is 1. The largest absolute Gasteiger partial charge is 0.497 e. The highest BCUT2D eigenvalue weighted by molar-refractivity contribution is 7.13. The average Bonchev–Trinajstić information content (AvgIpc) is 2.79. The summed E-state index contributed by atoms with van der Waals surface area (Å²) in [6.07, 6.45) is 0.701. The zero-order valence-electron chi connectivity index (χ0n) is 11.1. The SMILES string of the molecule is COC(=O)c1sc(Cc2ccc(OC)cc2)nc1C. The highest BCUT2D eigenvalue weighted by atomic mass is 32.1. The first kappa shape index (κ1) is 13.5. The van der Waals surface area contributed by atoms with Crippen LogP contribution in [0, 0.1) is 6.92 Å². The lowest BCUT2D eigenvalue weighted by Gasteiger charge is -2.01. The predicted octanol–water partition coefficient (Wildman–Crippen LogP) is 2.84. The van der Waals surface area contributed by atoms with Gasteiger partial charge in [-0.15, -0.1) is 11.3 Å². The minimum absolute atomic E-state index is 0.323. The van der Waals surface area contributed by atoms with Gasteiger partial charge in [-0.25, -0.2) is 9.78 Å². The third kappa shape index (κ3) is 3.12. The molecule has 19 heavy (non-hydrogen) atoms. The second kappa shape index (κ2) is 5.84. The Morgan fingerprint density at radius 3 is 2.53 bits per heavy atom. The number of aryl methyl sites for hydroxylation is 1. The molecule has 0 atom stereocenters. The van der Waals surface area contributed by atoms with Crippen molar-refractivity contribution in [1.82, 2.24) is 4.98 Å². The topological polar surface area (TPSA) is 48.4 Å². The maximum atomic E-state index is 11.5. The van der Waals surface area contributed by atoms with E-state index in [1.165, 1.54) is 18.4 Å². The number of thiazole rings is 1. The number of ether oxygens (including phenoxy) is 2. The second-order valence-corrected chi connectivity index (χ2v) is 5.12. The van der Waals surface area contributed by atoms with Gasteiger partial charge in [0, 0.05) is 6.42 Å². The molecule has 0 aliphatic carbocycles. The number of rotatable bonds is 4. The van der Waals surface area contributed by atoms with Crippen LogP contribution in [-0.2, 0) is 11.2 Å². The first-order chi connectivity index (χ1) is 9.13. The Bertz CT molecular complexity index is 575. The molecule has 1 aromatic carbocycles. The van der Waals surface area contributed by atoms with Gasteiger partial charge in [-0.3, -0.25) is 0 Å². The van der Waals surface area contributed by atoms with Crippen LogP contribution in [0.2, 0.25) is 0 Å². The van der Waals surface area contributed by atoms with E-state index in [1.54, 1.807) is 7.11 Å². The molecule has 0 radical (unpaired) electrons. The van der Waals surface area contributed by atoms with Gasteiger partial charge in [0.2, 0.25) is 0 Å². The quantitative estimate of drug-likeness (QED) is 0.806. The fourth-order valence-corrected chi connectivity index (χ4v) is 2.75. The monoisotopic (exact) mass is 277 g/mol. The molecule has 0 aliphatic heterocycles. The van der Waals surface area contributed by atoms with Crippen LogP contribution in [0.25, 0.3) is 0 Å². The molecule has 2 rings (SSSR count). The maximum absolute atomic E-state index is 11.5. The Morgan fingerprint density at radius 1 is 1.26 bits per heavy atom. The number of nitrogens with zero attached hydrogens (tertiary/aromatic N) is 1. The van der Waals surface area contributed by atoms with Crippen molar-refractivity contribution in [2.75, 3.05) is 14.2 Å². The van der Waals surface area contributed by atoms with E-state index < -0.39 is 0 Å². The first-order valence-corrected chi connectivity index (χ1v) is 6.63. The molecule has 100 valence electrons. The average molecular weight is 277 g/mol.